The van der Waals surface area contributed by atoms with Crippen molar-refractivity contribution in [3.8, 4) is 11.8 Å². The van der Waals surface area contributed by atoms with Crippen LogP contribution in [0.25, 0.3) is 0 Å². The number of ether oxygens (including phenoxy) is 1. The molecule has 0 fully saturated rings. The second kappa shape index (κ2) is 5.21. The molecular formula is C10H6F3NO3. The summed E-state index contributed by atoms with van der Waals surface area (Å²) in [5.41, 5.74) is -0.746. The summed E-state index contributed by atoms with van der Waals surface area (Å²) in [5, 5.41) is 17.0. The van der Waals surface area contributed by atoms with Gasteiger partial charge < -0.3 is 9.84 Å². The van der Waals surface area contributed by atoms with Gasteiger partial charge in [-0.2, -0.15) is 14.0 Å². The van der Waals surface area contributed by atoms with Crippen LogP contribution in [0.15, 0.2) is 12.1 Å². The fraction of sp³-hybridized carbons (Fsp3) is 0.200. The zero-order valence-electron chi connectivity index (χ0n) is 8.28. The molecule has 7 heteroatoms. The first-order valence-electron chi connectivity index (χ1n) is 4.33. The molecule has 0 aliphatic carbocycles. The molecule has 90 valence electrons. The van der Waals surface area contributed by atoms with Gasteiger partial charge in [0, 0.05) is 5.56 Å². The van der Waals surface area contributed by atoms with Crippen LogP contribution in [0.2, 0.25) is 0 Å². The summed E-state index contributed by atoms with van der Waals surface area (Å²) in [4.78, 5) is 10.4. The molecule has 0 amide bonds. The first-order chi connectivity index (χ1) is 7.95. The van der Waals surface area contributed by atoms with E-state index in [0.717, 1.165) is 12.1 Å². The van der Waals surface area contributed by atoms with E-state index in [1.54, 1.807) is 0 Å². The van der Waals surface area contributed by atoms with E-state index < -0.39 is 36.1 Å². The van der Waals surface area contributed by atoms with Crippen LogP contribution < -0.4 is 4.74 Å². The first-order valence-corrected chi connectivity index (χ1v) is 4.33. The van der Waals surface area contributed by atoms with Gasteiger partial charge in [-0.3, -0.25) is 4.79 Å². The number of nitrogens with zero attached hydrogens (tertiary/aromatic N) is 1. The van der Waals surface area contributed by atoms with Gasteiger partial charge in [0.05, 0.1) is 12.0 Å². The predicted octanol–water partition coefficient (Wildman–Crippen LogP) is 1.93. The minimum Gasteiger partial charge on any atom is -0.481 e. The molecule has 0 aliphatic rings. The topological polar surface area (TPSA) is 70.3 Å². The highest BCUT2D eigenvalue weighted by Gasteiger charge is 2.19. The van der Waals surface area contributed by atoms with Gasteiger partial charge in [-0.25, -0.2) is 4.39 Å². The normalized spacial score (nSPS) is 10.1. The van der Waals surface area contributed by atoms with Crippen LogP contribution in [-0.4, -0.2) is 17.7 Å². The summed E-state index contributed by atoms with van der Waals surface area (Å²) in [7, 11) is 0. The molecular weight excluding hydrogens is 239 g/mol. The van der Waals surface area contributed by atoms with Crippen LogP contribution in [0.5, 0.6) is 5.75 Å². The number of aliphatic carboxylic acids is 1. The second-order valence-electron chi connectivity index (χ2n) is 2.98. The number of rotatable bonds is 4. The maximum absolute atomic E-state index is 13.5. The molecule has 0 bridgehead atoms. The summed E-state index contributed by atoms with van der Waals surface area (Å²) in [6, 6.07) is 3.51. The number of carboxylic acids is 1. The molecule has 0 unspecified atom stereocenters. The van der Waals surface area contributed by atoms with Crippen LogP contribution in [0.3, 0.4) is 0 Å². The van der Waals surface area contributed by atoms with E-state index in [9.17, 15) is 18.0 Å². The van der Waals surface area contributed by atoms with Crippen molar-refractivity contribution in [1.82, 2.24) is 0 Å². The fourth-order valence-electron chi connectivity index (χ4n) is 1.20. The summed E-state index contributed by atoms with van der Waals surface area (Å²) >= 11 is 0. The average Bonchev–Trinajstić information content (AvgIpc) is 2.22. The molecule has 1 aromatic carbocycles. The number of alkyl halides is 2. The molecule has 17 heavy (non-hydrogen) atoms. The molecule has 0 atom stereocenters. The maximum atomic E-state index is 13.5. The van der Waals surface area contributed by atoms with E-state index in [1.807, 2.05) is 0 Å². The minimum absolute atomic E-state index is 0.255. The third-order valence-corrected chi connectivity index (χ3v) is 1.85. The Morgan fingerprint density at radius 2 is 2.18 bits per heavy atom. The summed E-state index contributed by atoms with van der Waals surface area (Å²) < 4.78 is 41.4. The smallest absolute Gasteiger partial charge is 0.387 e. The summed E-state index contributed by atoms with van der Waals surface area (Å²) in [6.45, 7) is -3.30. The Balaban J connectivity index is 3.26. The molecule has 0 saturated heterocycles. The molecule has 1 N–H and O–H groups in total. The van der Waals surface area contributed by atoms with E-state index in [2.05, 4.69) is 4.74 Å². The Labute approximate surface area is 93.8 Å². The van der Waals surface area contributed by atoms with E-state index >= 15 is 0 Å². The molecule has 0 spiro atoms. The number of hydrogen-bond donors (Lipinski definition) is 1. The van der Waals surface area contributed by atoms with Gasteiger partial charge in [0.15, 0.2) is 11.6 Å². The van der Waals surface area contributed by atoms with Crippen molar-refractivity contribution in [2.75, 3.05) is 0 Å². The van der Waals surface area contributed by atoms with Gasteiger partial charge in [-0.1, -0.05) is 6.07 Å². The van der Waals surface area contributed by atoms with Crippen molar-refractivity contribution in [3.63, 3.8) is 0 Å². The molecule has 0 heterocycles. The first kappa shape index (κ1) is 12.8. The number of hydrogen-bond acceptors (Lipinski definition) is 3. The van der Waals surface area contributed by atoms with E-state index in [0.29, 0.717) is 0 Å². The Morgan fingerprint density at radius 3 is 2.65 bits per heavy atom. The number of carbonyl (C=O) groups is 1. The number of halogens is 3. The molecule has 0 saturated carbocycles. The van der Waals surface area contributed by atoms with Gasteiger partial charge >= 0.3 is 12.6 Å². The lowest BCUT2D eigenvalue weighted by atomic mass is 10.1. The lowest BCUT2D eigenvalue weighted by molar-refractivity contribution is -0.136. The molecule has 0 aromatic heterocycles. The van der Waals surface area contributed by atoms with E-state index in [1.165, 1.54) is 6.07 Å². The van der Waals surface area contributed by atoms with Crippen LogP contribution in [0, 0.1) is 17.1 Å². The lowest BCUT2D eigenvalue weighted by Crippen LogP contribution is -2.10. The SMILES string of the molecule is N#Cc1ccc(CC(=O)O)c(OC(F)F)c1F. The van der Waals surface area contributed by atoms with Crippen molar-refractivity contribution in [2.24, 2.45) is 0 Å². The van der Waals surface area contributed by atoms with Crippen molar-refractivity contribution in [2.45, 2.75) is 13.0 Å². The molecule has 1 rings (SSSR count). The number of carboxylic acid groups (broad SMARTS) is 1. The quantitative estimate of drug-likeness (QED) is 0.879. The average molecular weight is 245 g/mol. The second-order valence-corrected chi connectivity index (χ2v) is 2.98. The van der Waals surface area contributed by atoms with Crippen LogP contribution in [0.4, 0.5) is 13.2 Å². The Morgan fingerprint density at radius 1 is 1.53 bits per heavy atom. The zero-order valence-corrected chi connectivity index (χ0v) is 8.28. The lowest BCUT2D eigenvalue weighted by Gasteiger charge is -2.10. The Hall–Kier alpha value is -2.23. The summed E-state index contributed by atoms with van der Waals surface area (Å²) in [5.74, 6) is -3.51. The monoisotopic (exact) mass is 245 g/mol. The largest absolute Gasteiger partial charge is 0.481 e. The highest BCUT2D eigenvalue weighted by molar-refractivity contribution is 5.71. The van der Waals surface area contributed by atoms with Gasteiger partial charge in [0.25, 0.3) is 0 Å². The van der Waals surface area contributed by atoms with Crippen LogP contribution in [-0.2, 0) is 11.2 Å². The predicted molar refractivity (Wildman–Crippen MR) is 49.1 cm³/mol. The molecule has 0 aliphatic heterocycles. The van der Waals surface area contributed by atoms with E-state index in [4.69, 9.17) is 10.4 Å². The van der Waals surface area contributed by atoms with Crippen LogP contribution >= 0.6 is 0 Å². The highest BCUT2D eigenvalue weighted by atomic mass is 19.3. The van der Waals surface area contributed by atoms with Crippen molar-refractivity contribution in [3.05, 3.63) is 29.1 Å². The molecule has 1 aromatic rings. The number of benzene rings is 1. The summed E-state index contributed by atoms with van der Waals surface area (Å²) in [6.07, 6.45) is -0.676. The zero-order chi connectivity index (χ0) is 13.0. The standard InChI is InChI=1S/C10H6F3NO3/c11-8-6(4-14)2-1-5(3-7(15)16)9(8)17-10(12)13/h1-2,10H,3H2,(H,15,16). The van der Waals surface area contributed by atoms with Crippen LogP contribution in [0.1, 0.15) is 11.1 Å². The van der Waals surface area contributed by atoms with Gasteiger partial charge in [0.2, 0.25) is 0 Å². The third-order valence-electron chi connectivity index (χ3n) is 1.85. The van der Waals surface area contributed by atoms with Gasteiger partial charge in [-0.05, 0) is 6.07 Å². The third kappa shape index (κ3) is 3.11. The number of nitriles is 1. The van der Waals surface area contributed by atoms with Gasteiger partial charge in [0.1, 0.15) is 6.07 Å². The molecule has 0 radical (unpaired) electrons. The van der Waals surface area contributed by atoms with Crippen molar-refractivity contribution in [1.29, 1.82) is 5.26 Å². The van der Waals surface area contributed by atoms with Crippen molar-refractivity contribution >= 4 is 5.97 Å². The van der Waals surface area contributed by atoms with Gasteiger partial charge in [-0.15, -0.1) is 0 Å². The molecule has 4 nitrogen and oxygen atoms in total. The Bertz CT molecular complexity index is 482. The van der Waals surface area contributed by atoms with Crippen molar-refractivity contribution < 1.29 is 27.8 Å². The Kier molecular flexibility index (Phi) is 3.93. The highest BCUT2D eigenvalue weighted by Crippen LogP contribution is 2.27. The maximum Gasteiger partial charge on any atom is 0.387 e. The fourth-order valence-corrected chi connectivity index (χ4v) is 1.20. The minimum atomic E-state index is -3.30. The van der Waals surface area contributed by atoms with E-state index in [-0.39, 0.29) is 5.56 Å².